The molecule has 0 bridgehead atoms. The summed E-state index contributed by atoms with van der Waals surface area (Å²) in [7, 11) is 0. The van der Waals surface area contributed by atoms with Gasteiger partial charge in [0.15, 0.2) is 0 Å². The lowest BCUT2D eigenvalue weighted by molar-refractivity contribution is 0.0205. The highest BCUT2D eigenvalue weighted by molar-refractivity contribution is 4.81. The first-order chi connectivity index (χ1) is 6.70. The van der Waals surface area contributed by atoms with Crippen molar-refractivity contribution >= 4 is 0 Å². The van der Waals surface area contributed by atoms with Crippen LogP contribution < -0.4 is 5.32 Å². The van der Waals surface area contributed by atoms with Crippen LogP contribution in [0.2, 0.25) is 0 Å². The Bertz CT molecular complexity index is 153. The number of rotatable bonds is 5. The van der Waals surface area contributed by atoms with E-state index in [-0.39, 0.29) is 24.7 Å². The van der Waals surface area contributed by atoms with Gasteiger partial charge in [-0.05, 0) is 18.3 Å². The Labute approximate surface area is 85.3 Å². The van der Waals surface area contributed by atoms with Gasteiger partial charge in [-0.15, -0.1) is 0 Å². The molecule has 0 atom stereocenters. The van der Waals surface area contributed by atoms with Crippen LogP contribution in [0, 0.1) is 5.41 Å². The summed E-state index contributed by atoms with van der Waals surface area (Å²) in [5.74, 6) is 0. The quantitative estimate of drug-likeness (QED) is 0.576. The zero-order valence-electron chi connectivity index (χ0n) is 8.83. The van der Waals surface area contributed by atoms with Crippen molar-refractivity contribution in [3.8, 4) is 0 Å². The van der Waals surface area contributed by atoms with Gasteiger partial charge in [0, 0.05) is 19.8 Å². The second-order valence-corrected chi connectivity index (χ2v) is 4.37. The number of hydrogen-bond donors (Lipinski definition) is 3. The summed E-state index contributed by atoms with van der Waals surface area (Å²) in [4.78, 5) is 0. The van der Waals surface area contributed by atoms with E-state index in [0.717, 1.165) is 32.6 Å². The Morgan fingerprint density at radius 2 is 1.86 bits per heavy atom. The van der Waals surface area contributed by atoms with Crippen molar-refractivity contribution in [2.75, 3.05) is 33.0 Å². The van der Waals surface area contributed by atoms with Crippen LogP contribution in [0.15, 0.2) is 0 Å². The van der Waals surface area contributed by atoms with Crippen LogP contribution in [0.1, 0.15) is 19.8 Å². The normalized spacial score (nSPS) is 21.4. The number of hydrogen-bond acceptors (Lipinski definition) is 4. The van der Waals surface area contributed by atoms with Crippen molar-refractivity contribution in [1.29, 1.82) is 0 Å². The number of nitrogens with one attached hydrogen (secondary N) is 1. The van der Waals surface area contributed by atoms with Gasteiger partial charge in [0.2, 0.25) is 0 Å². The van der Waals surface area contributed by atoms with E-state index in [1.165, 1.54) is 0 Å². The van der Waals surface area contributed by atoms with Gasteiger partial charge in [0.1, 0.15) is 0 Å². The van der Waals surface area contributed by atoms with Crippen molar-refractivity contribution in [3.05, 3.63) is 0 Å². The molecule has 0 amide bonds. The average Bonchev–Trinajstić information content (AvgIpc) is 2.20. The van der Waals surface area contributed by atoms with Crippen molar-refractivity contribution in [3.63, 3.8) is 0 Å². The third kappa shape index (κ3) is 3.53. The average molecular weight is 203 g/mol. The fraction of sp³-hybridized carbons (Fsp3) is 1.00. The van der Waals surface area contributed by atoms with E-state index in [9.17, 15) is 0 Å². The largest absolute Gasteiger partial charge is 0.395 e. The summed E-state index contributed by atoms with van der Waals surface area (Å²) in [6.07, 6.45) is 2.09. The van der Waals surface area contributed by atoms with Crippen LogP contribution in [0.3, 0.4) is 0 Å². The van der Waals surface area contributed by atoms with E-state index < -0.39 is 0 Å². The van der Waals surface area contributed by atoms with Crippen LogP contribution in [0.5, 0.6) is 0 Å². The highest BCUT2D eigenvalue weighted by Gasteiger charge is 2.27. The molecule has 0 radical (unpaired) electrons. The third-order valence-electron chi connectivity index (χ3n) is 2.96. The first-order valence-corrected chi connectivity index (χ1v) is 5.23. The highest BCUT2D eigenvalue weighted by Crippen LogP contribution is 2.28. The van der Waals surface area contributed by atoms with E-state index >= 15 is 0 Å². The maximum absolute atomic E-state index is 8.89. The lowest BCUT2D eigenvalue weighted by atomic mass is 9.82. The molecule has 14 heavy (non-hydrogen) atoms. The fourth-order valence-electron chi connectivity index (χ4n) is 1.62. The predicted octanol–water partition coefficient (Wildman–Crippen LogP) is -0.254. The summed E-state index contributed by atoms with van der Waals surface area (Å²) >= 11 is 0. The minimum absolute atomic E-state index is 0.0108. The Morgan fingerprint density at radius 1 is 1.29 bits per heavy atom. The summed E-state index contributed by atoms with van der Waals surface area (Å²) in [6, 6.07) is -0.185. The molecule has 84 valence electrons. The predicted molar refractivity (Wildman–Crippen MR) is 54.1 cm³/mol. The maximum atomic E-state index is 8.89. The molecule has 0 aromatic heterocycles. The topological polar surface area (TPSA) is 61.7 Å². The minimum atomic E-state index is -0.185. The SMILES string of the molecule is CC1(CNC(CO)CO)CCOCC1. The molecule has 0 saturated carbocycles. The smallest absolute Gasteiger partial charge is 0.0607 e. The van der Waals surface area contributed by atoms with Gasteiger partial charge in [0.05, 0.1) is 19.3 Å². The van der Waals surface area contributed by atoms with E-state index in [1.807, 2.05) is 0 Å². The molecule has 4 heteroatoms. The minimum Gasteiger partial charge on any atom is -0.395 e. The van der Waals surface area contributed by atoms with Crippen LogP contribution in [0.4, 0.5) is 0 Å². The zero-order valence-corrected chi connectivity index (χ0v) is 8.83. The standard InChI is InChI=1S/C10H21NO3/c1-10(2-4-14-5-3-10)8-11-9(6-12)7-13/h9,11-13H,2-8H2,1H3. The van der Waals surface area contributed by atoms with Crippen LogP contribution in [-0.4, -0.2) is 49.2 Å². The molecule has 1 rings (SSSR count). The van der Waals surface area contributed by atoms with E-state index in [1.54, 1.807) is 0 Å². The van der Waals surface area contributed by atoms with E-state index in [4.69, 9.17) is 14.9 Å². The fourth-order valence-corrected chi connectivity index (χ4v) is 1.62. The second-order valence-electron chi connectivity index (χ2n) is 4.37. The van der Waals surface area contributed by atoms with Gasteiger partial charge in [-0.25, -0.2) is 0 Å². The molecular weight excluding hydrogens is 182 g/mol. The van der Waals surface area contributed by atoms with Crippen molar-refractivity contribution < 1.29 is 14.9 Å². The van der Waals surface area contributed by atoms with Gasteiger partial charge in [-0.3, -0.25) is 0 Å². The lowest BCUT2D eigenvalue weighted by Gasteiger charge is -2.34. The molecule has 1 saturated heterocycles. The van der Waals surface area contributed by atoms with Gasteiger partial charge in [0.25, 0.3) is 0 Å². The van der Waals surface area contributed by atoms with E-state index in [0.29, 0.717) is 0 Å². The number of aliphatic hydroxyl groups is 2. The molecule has 0 aromatic rings. The molecule has 0 aromatic carbocycles. The van der Waals surface area contributed by atoms with Crippen molar-refractivity contribution in [2.45, 2.75) is 25.8 Å². The molecule has 0 spiro atoms. The molecule has 1 fully saturated rings. The summed E-state index contributed by atoms with van der Waals surface area (Å²) in [5.41, 5.74) is 0.251. The Balaban J connectivity index is 2.27. The first-order valence-electron chi connectivity index (χ1n) is 5.23. The van der Waals surface area contributed by atoms with Crippen LogP contribution in [-0.2, 0) is 4.74 Å². The number of ether oxygens (including phenoxy) is 1. The van der Waals surface area contributed by atoms with Gasteiger partial charge in [-0.1, -0.05) is 6.92 Å². The summed E-state index contributed by atoms with van der Waals surface area (Å²) < 4.78 is 5.30. The zero-order chi connectivity index (χ0) is 10.4. The molecule has 1 aliphatic heterocycles. The molecular formula is C10H21NO3. The van der Waals surface area contributed by atoms with Crippen LogP contribution >= 0.6 is 0 Å². The van der Waals surface area contributed by atoms with Gasteiger partial charge >= 0.3 is 0 Å². The molecule has 1 heterocycles. The summed E-state index contributed by atoms with van der Waals surface area (Å²) in [5, 5.41) is 21.0. The molecule has 3 N–H and O–H groups in total. The van der Waals surface area contributed by atoms with Crippen molar-refractivity contribution in [1.82, 2.24) is 5.32 Å². The third-order valence-corrected chi connectivity index (χ3v) is 2.96. The van der Waals surface area contributed by atoms with Gasteiger partial charge < -0.3 is 20.3 Å². The number of aliphatic hydroxyl groups excluding tert-OH is 2. The lowest BCUT2D eigenvalue weighted by Crippen LogP contribution is -2.44. The molecule has 0 aliphatic carbocycles. The summed E-state index contributed by atoms with van der Waals surface area (Å²) in [6.45, 7) is 4.67. The second kappa shape index (κ2) is 5.66. The molecule has 1 aliphatic rings. The van der Waals surface area contributed by atoms with Crippen molar-refractivity contribution in [2.24, 2.45) is 5.41 Å². The molecule has 4 nitrogen and oxygen atoms in total. The van der Waals surface area contributed by atoms with E-state index in [2.05, 4.69) is 12.2 Å². The highest BCUT2D eigenvalue weighted by atomic mass is 16.5. The van der Waals surface area contributed by atoms with Gasteiger partial charge in [-0.2, -0.15) is 0 Å². The Kier molecular flexibility index (Phi) is 4.81. The Morgan fingerprint density at radius 3 is 2.36 bits per heavy atom. The Hall–Kier alpha value is -0.160. The first kappa shape index (κ1) is 11.9. The van der Waals surface area contributed by atoms with Crippen LogP contribution in [0.25, 0.3) is 0 Å². The maximum Gasteiger partial charge on any atom is 0.0607 e. The monoisotopic (exact) mass is 203 g/mol. The molecule has 0 unspecified atom stereocenters.